The van der Waals surface area contributed by atoms with Gasteiger partial charge in [0.15, 0.2) is 0 Å². The molecule has 1 aromatic rings. The van der Waals surface area contributed by atoms with Crippen LogP contribution in [-0.4, -0.2) is 36.1 Å². The highest BCUT2D eigenvalue weighted by atomic mass is 32.1. The molecule has 0 saturated carbocycles. The van der Waals surface area contributed by atoms with Crippen LogP contribution in [0.2, 0.25) is 0 Å². The molecule has 0 spiro atoms. The Morgan fingerprint density at radius 1 is 1.69 bits per heavy atom. The predicted octanol–water partition coefficient (Wildman–Crippen LogP) is 2.20. The molecular formula is C12H21N3S. The van der Waals surface area contributed by atoms with Gasteiger partial charge in [-0.1, -0.05) is 0 Å². The van der Waals surface area contributed by atoms with Crippen molar-refractivity contribution in [2.75, 3.05) is 20.1 Å². The van der Waals surface area contributed by atoms with Crippen molar-refractivity contribution in [2.45, 2.75) is 38.8 Å². The fraction of sp³-hybridized carbons (Fsp3) is 0.750. The van der Waals surface area contributed by atoms with E-state index in [2.05, 4.69) is 36.1 Å². The van der Waals surface area contributed by atoms with Gasteiger partial charge in [-0.3, -0.25) is 0 Å². The minimum atomic E-state index is 0.431. The maximum Gasteiger partial charge on any atom is 0.0897 e. The van der Waals surface area contributed by atoms with Crippen LogP contribution in [0.1, 0.15) is 35.7 Å². The van der Waals surface area contributed by atoms with E-state index in [-0.39, 0.29) is 0 Å². The number of nitrogens with zero attached hydrogens (tertiary/aromatic N) is 2. The maximum atomic E-state index is 4.30. The number of hydrogen-bond acceptors (Lipinski definition) is 4. The fourth-order valence-electron chi connectivity index (χ4n) is 2.23. The van der Waals surface area contributed by atoms with E-state index in [0.717, 1.165) is 17.6 Å². The maximum absolute atomic E-state index is 4.30. The zero-order chi connectivity index (χ0) is 11.5. The van der Waals surface area contributed by atoms with Crippen LogP contribution in [0.3, 0.4) is 0 Å². The van der Waals surface area contributed by atoms with Gasteiger partial charge in [-0.15, -0.1) is 11.3 Å². The lowest BCUT2D eigenvalue weighted by atomic mass is 10.2. The Balaban J connectivity index is 1.81. The molecule has 0 aromatic carbocycles. The summed E-state index contributed by atoms with van der Waals surface area (Å²) >= 11 is 1.79. The van der Waals surface area contributed by atoms with Gasteiger partial charge in [0.1, 0.15) is 0 Å². The molecule has 16 heavy (non-hydrogen) atoms. The first-order chi connectivity index (χ1) is 7.66. The third kappa shape index (κ3) is 2.81. The number of likely N-dealkylation sites (tertiary alicyclic amines) is 1. The summed E-state index contributed by atoms with van der Waals surface area (Å²) in [7, 11) is 2.22. The van der Waals surface area contributed by atoms with Gasteiger partial charge in [-0.2, -0.15) is 0 Å². The molecular weight excluding hydrogens is 218 g/mol. The van der Waals surface area contributed by atoms with Gasteiger partial charge in [-0.05, 0) is 40.3 Å². The van der Waals surface area contributed by atoms with Crippen molar-refractivity contribution in [3.05, 3.63) is 16.1 Å². The molecule has 0 radical (unpaired) electrons. The summed E-state index contributed by atoms with van der Waals surface area (Å²) in [6.45, 7) is 6.63. The molecule has 1 aromatic heterocycles. The van der Waals surface area contributed by atoms with Crippen LogP contribution in [0.5, 0.6) is 0 Å². The highest BCUT2D eigenvalue weighted by Gasteiger charge is 2.21. The number of rotatable bonds is 4. The molecule has 1 aliphatic heterocycles. The van der Waals surface area contributed by atoms with Gasteiger partial charge >= 0.3 is 0 Å². The van der Waals surface area contributed by atoms with Crippen LogP contribution in [0.15, 0.2) is 6.20 Å². The lowest BCUT2D eigenvalue weighted by Crippen LogP contribution is -2.36. The lowest BCUT2D eigenvalue weighted by molar-refractivity contribution is 0.294. The molecule has 0 aliphatic carbocycles. The minimum absolute atomic E-state index is 0.431. The van der Waals surface area contributed by atoms with E-state index in [4.69, 9.17) is 0 Å². The summed E-state index contributed by atoms with van der Waals surface area (Å²) in [5.74, 6) is 0. The summed E-state index contributed by atoms with van der Waals surface area (Å²) in [5, 5.41) is 4.77. The van der Waals surface area contributed by atoms with E-state index in [1.54, 1.807) is 11.3 Å². The Morgan fingerprint density at radius 2 is 2.50 bits per heavy atom. The second kappa shape index (κ2) is 5.25. The molecule has 2 rings (SSSR count). The van der Waals surface area contributed by atoms with Crippen molar-refractivity contribution >= 4 is 11.3 Å². The summed E-state index contributed by atoms with van der Waals surface area (Å²) in [6.07, 6.45) is 4.67. The van der Waals surface area contributed by atoms with Crippen LogP contribution in [0.4, 0.5) is 0 Å². The highest BCUT2D eigenvalue weighted by molar-refractivity contribution is 7.11. The number of likely N-dealkylation sites (N-methyl/N-ethyl adjacent to an activating group) is 1. The monoisotopic (exact) mass is 239 g/mol. The van der Waals surface area contributed by atoms with Crippen LogP contribution in [0.25, 0.3) is 0 Å². The second-order valence-electron chi connectivity index (χ2n) is 4.69. The van der Waals surface area contributed by atoms with Crippen molar-refractivity contribution in [2.24, 2.45) is 0 Å². The van der Waals surface area contributed by atoms with E-state index >= 15 is 0 Å². The normalized spacial score (nSPS) is 23.8. The Kier molecular flexibility index (Phi) is 3.95. The van der Waals surface area contributed by atoms with E-state index in [1.807, 2.05) is 6.20 Å². The minimum Gasteiger partial charge on any atom is -0.308 e. The number of thiazole rings is 1. The molecule has 1 N–H and O–H groups in total. The first-order valence-electron chi connectivity index (χ1n) is 6.03. The number of nitrogens with one attached hydrogen (secondary N) is 1. The van der Waals surface area contributed by atoms with E-state index in [1.165, 1.54) is 24.3 Å². The zero-order valence-corrected chi connectivity index (χ0v) is 11.2. The summed E-state index contributed by atoms with van der Waals surface area (Å²) in [4.78, 5) is 8.10. The fourth-order valence-corrected chi connectivity index (χ4v) is 3.04. The average molecular weight is 239 g/mol. The highest BCUT2D eigenvalue weighted by Crippen LogP contribution is 2.21. The second-order valence-corrected chi connectivity index (χ2v) is 5.95. The lowest BCUT2D eigenvalue weighted by Gasteiger charge is -2.21. The Bertz CT molecular complexity index is 337. The van der Waals surface area contributed by atoms with Crippen molar-refractivity contribution < 1.29 is 0 Å². The molecule has 1 saturated heterocycles. The van der Waals surface area contributed by atoms with Crippen LogP contribution >= 0.6 is 11.3 Å². The molecule has 2 heterocycles. The van der Waals surface area contributed by atoms with Gasteiger partial charge in [0.05, 0.1) is 5.01 Å². The third-order valence-electron chi connectivity index (χ3n) is 3.40. The quantitative estimate of drug-likeness (QED) is 0.873. The van der Waals surface area contributed by atoms with E-state index in [9.17, 15) is 0 Å². The molecule has 0 amide bonds. The SMILES string of the molecule is Cc1ncc(C(C)NCC2CCCN2C)s1. The van der Waals surface area contributed by atoms with Gasteiger partial charge in [0.25, 0.3) is 0 Å². The van der Waals surface area contributed by atoms with Crippen LogP contribution < -0.4 is 5.32 Å². The standard InChI is InChI=1S/C12H21N3S/c1-9(12-8-14-10(2)16-12)13-7-11-5-4-6-15(11)3/h8-9,11,13H,4-7H2,1-3H3. The van der Waals surface area contributed by atoms with E-state index in [0.29, 0.717) is 6.04 Å². The summed E-state index contributed by atoms with van der Waals surface area (Å²) in [5.41, 5.74) is 0. The third-order valence-corrected chi connectivity index (χ3v) is 4.49. The van der Waals surface area contributed by atoms with Crippen molar-refractivity contribution in [3.63, 3.8) is 0 Å². The van der Waals surface area contributed by atoms with Crippen molar-refractivity contribution in [3.8, 4) is 0 Å². The van der Waals surface area contributed by atoms with E-state index < -0.39 is 0 Å². The topological polar surface area (TPSA) is 28.2 Å². The zero-order valence-electron chi connectivity index (χ0n) is 10.4. The summed E-state index contributed by atoms with van der Waals surface area (Å²) in [6, 6.07) is 1.15. The van der Waals surface area contributed by atoms with Gasteiger partial charge in [0.2, 0.25) is 0 Å². The smallest absolute Gasteiger partial charge is 0.0897 e. The Morgan fingerprint density at radius 3 is 3.06 bits per heavy atom. The Hall–Kier alpha value is -0.450. The first kappa shape index (κ1) is 12.0. The average Bonchev–Trinajstić information content (AvgIpc) is 2.84. The summed E-state index contributed by atoms with van der Waals surface area (Å²) < 4.78 is 0. The first-order valence-corrected chi connectivity index (χ1v) is 6.84. The Labute approximate surface area is 102 Å². The predicted molar refractivity (Wildman–Crippen MR) is 68.9 cm³/mol. The van der Waals surface area contributed by atoms with Crippen LogP contribution in [0, 0.1) is 6.92 Å². The number of aromatic nitrogens is 1. The van der Waals surface area contributed by atoms with Crippen molar-refractivity contribution in [1.29, 1.82) is 0 Å². The largest absolute Gasteiger partial charge is 0.308 e. The molecule has 1 fully saturated rings. The molecule has 90 valence electrons. The van der Waals surface area contributed by atoms with Crippen LogP contribution in [-0.2, 0) is 0 Å². The molecule has 0 bridgehead atoms. The molecule has 2 unspecified atom stereocenters. The number of aryl methyl sites for hydroxylation is 1. The van der Waals surface area contributed by atoms with Gasteiger partial charge < -0.3 is 10.2 Å². The molecule has 2 atom stereocenters. The van der Waals surface area contributed by atoms with Gasteiger partial charge in [0, 0.05) is 29.7 Å². The molecule has 4 heteroatoms. The van der Waals surface area contributed by atoms with Gasteiger partial charge in [-0.25, -0.2) is 4.98 Å². The molecule has 3 nitrogen and oxygen atoms in total. The number of hydrogen-bond donors (Lipinski definition) is 1. The molecule has 1 aliphatic rings. The van der Waals surface area contributed by atoms with Crippen molar-refractivity contribution in [1.82, 2.24) is 15.2 Å².